The lowest BCUT2D eigenvalue weighted by molar-refractivity contribution is 0.356. The summed E-state index contributed by atoms with van der Waals surface area (Å²) in [5.74, 6) is -11.6. The maximum atomic E-state index is 14.1. The zero-order chi connectivity index (χ0) is 24.1. The molecule has 0 saturated carbocycles. The van der Waals surface area contributed by atoms with E-state index in [9.17, 15) is 30.4 Å². The van der Waals surface area contributed by atoms with Crippen LogP contribution in [0.25, 0.3) is 11.3 Å². The summed E-state index contributed by atoms with van der Waals surface area (Å²) in [6.45, 7) is 4.42. The van der Waals surface area contributed by atoms with Crippen LogP contribution in [-0.2, 0) is 9.84 Å². The molecule has 2 aromatic carbocycles. The van der Waals surface area contributed by atoms with E-state index in [4.69, 9.17) is 0 Å². The van der Waals surface area contributed by atoms with Gasteiger partial charge in [-0.3, -0.25) is 0 Å². The van der Waals surface area contributed by atoms with Crippen LogP contribution in [0.1, 0.15) is 24.0 Å². The third-order valence-electron chi connectivity index (χ3n) is 5.98. The fourth-order valence-electron chi connectivity index (χ4n) is 3.92. The zero-order valence-electron chi connectivity index (χ0n) is 17.6. The molecule has 4 rings (SSSR count). The number of piperidine rings is 1. The van der Waals surface area contributed by atoms with E-state index >= 15 is 0 Å². The van der Waals surface area contributed by atoms with Crippen molar-refractivity contribution in [2.45, 2.75) is 36.8 Å². The Morgan fingerprint density at radius 3 is 2.12 bits per heavy atom. The van der Waals surface area contributed by atoms with Crippen LogP contribution in [0.3, 0.4) is 0 Å². The molecule has 0 aliphatic carbocycles. The standard InChI is InChI=1S/C22H19F5N2O2S2/c1-11-4-3-5-14(12(11)2)15-10-32-22(28-15)29-8-6-13(7-9-29)33(30,31)21-19(26)17(24)16(23)18(25)20(21)27/h3-5,10,13H,6-9H2,1-2H3. The largest absolute Gasteiger partial charge is 0.348 e. The molecule has 3 aromatic rings. The Bertz CT molecular complexity index is 1300. The lowest BCUT2D eigenvalue weighted by Gasteiger charge is -2.31. The summed E-state index contributed by atoms with van der Waals surface area (Å²) in [5.41, 5.74) is 4.00. The van der Waals surface area contributed by atoms with Gasteiger partial charge in [-0.15, -0.1) is 11.3 Å². The van der Waals surface area contributed by atoms with Gasteiger partial charge in [0.1, 0.15) is 4.90 Å². The summed E-state index contributed by atoms with van der Waals surface area (Å²) in [5, 5.41) is 1.29. The Labute approximate surface area is 191 Å². The molecular weight excluding hydrogens is 483 g/mol. The van der Waals surface area contributed by atoms with Crippen molar-refractivity contribution < 1.29 is 30.4 Å². The molecule has 1 aromatic heterocycles. The molecule has 0 unspecified atom stereocenters. The third-order valence-corrected chi connectivity index (χ3v) is 9.16. The number of anilines is 1. The Morgan fingerprint density at radius 1 is 0.939 bits per heavy atom. The predicted molar refractivity (Wildman–Crippen MR) is 116 cm³/mol. The van der Waals surface area contributed by atoms with Crippen LogP contribution in [0.4, 0.5) is 27.1 Å². The highest BCUT2D eigenvalue weighted by Crippen LogP contribution is 2.35. The zero-order valence-corrected chi connectivity index (χ0v) is 19.3. The fourth-order valence-corrected chi connectivity index (χ4v) is 6.64. The normalized spacial score (nSPS) is 15.3. The van der Waals surface area contributed by atoms with E-state index in [-0.39, 0.29) is 25.9 Å². The first-order chi connectivity index (χ1) is 15.5. The first kappa shape index (κ1) is 23.6. The van der Waals surface area contributed by atoms with Crippen LogP contribution in [-0.4, -0.2) is 31.7 Å². The van der Waals surface area contributed by atoms with Crippen LogP contribution < -0.4 is 4.90 Å². The summed E-state index contributed by atoms with van der Waals surface area (Å²) in [6.07, 6.45) is -0.0829. The highest BCUT2D eigenvalue weighted by atomic mass is 32.2. The molecule has 1 fully saturated rings. The van der Waals surface area contributed by atoms with Gasteiger partial charge < -0.3 is 4.90 Å². The van der Waals surface area contributed by atoms with Crippen molar-refractivity contribution in [3.8, 4) is 11.3 Å². The molecule has 33 heavy (non-hydrogen) atoms. The fraction of sp³-hybridized carbons (Fsp3) is 0.318. The molecule has 0 bridgehead atoms. The van der Waals surface area contributed by atoms with Crippen molar-refractivity contribution in [2.75, 3.05) is 18.0 Å². The molecule has 11 heteroatoms. The van der Waals surface area contributed by atoms with E-state index in [1.54, 1.807) is 0 Å². The number of nitrogens with zero attached hydrogens (tertiary/aromatic N) is 2. The van der Waals surface area contributed by atoms with E-state index in [0.717, 1.165) is 22.4 Å². The Kier molecular flexibility index (Phi) is 6.21. The minimum Gasteiger partial charge on any atom is -0.348 e. The second-order valence-electron chi connectivity index (χ2n) is 7.89. The number of sulfone groups is 1. The van der Waals surface area contributed by atoms with Gasteiger partial charge in [0, 0.05) is 24.0 Å². The molecule has 0 atom stereocenters. The number of thiazole rings is 1. The van der Waals surface area contributed by atoms with Crippen LogP contribution in [0, 0.1) is 42.9 Å². The molecule has 0 N–H and O–H groups in total. The number of benzene rings is 2. The molecule has 0 amide bonds. The van der Waals surface area contributed by atoms with Crippen molar-refractivity contribution in [1.82, 2.24) is 4.98 Å². The summed E-state index contributed by atoms with van der Waals surface area (Å²) >= 11 is 1.39. The van der Waals surface area contributed by atoms with Crippen LogP contribution in [0.5, 0.6) is 0 Å². The van der Waals surface area contributed by atoms with Crippen LogP contribution in [0.15, 0.2) is 28.5 Å². The van der Waals surface area contributed by atoms with Gasteiger partial charge in [0.25, 0.3) is 0 Å². The summed E-state index contributed by atoms with van der Waals surface area (Å²) in [7, 11) is -4.78. The molecule has 1 saturated heterocycles. The van der Waals surface area contributed by atoms with Gasteiger partial charge in [-0.25, -0.2) is 35.4 Å². The monoisotopic (exact) mass is 502 g/mol. The summed E-state index contributed by atoms with van der Waals surface area (Å²) in [6, 6.07) is 5.90. The molecular formula is C22H19F5N2O2S2. The van der Waals surface area contributed by atoms with Crippen LogP contribution >= 0.6 is 11.3 Å². The molecule has 0 radical (unpaired) electrons. The topological polar surface area (TPSA) is 50.3 Å². The highest BCUT2D eigenvalue weighted by Gasteiger charge is 2.39. The highest BCUT2D eigenvalue weighted by molar-refractivity contribution is 7.92. The van der Waals surface area contributed by atoms with E-state index in [2.05, 4.69) is 4.98 Å². The summed E-state index contributed by atoms with van der Waals surface area (Å²) < 4.78 is 94.1. The lowest BCUT2D eigenvalue weighted by atomic mass is 10.0. The number of rotatable bonds is 4. The van der Waals surface area contributed by atoms with E-state index < -0.39 is 49.1 Å². The van der Waals surface area contributed by atoms with Gasteiger partial charge in [-0.05, 0) is 37.8 Å². The van der Waals surface area contributed by atoms with Gasteiger partial charge in [0.05, 0.1) is 10.9 Å². The molecule has 0 spiro atoms. The first-order valence-electron chi connectivity index (χ1n) is 10.1. The first-order valence-corrected chi connectivity index (χ1v) is 12.5. The van der Waals surface area contributed by atoms with Crippen molar-refractivity contribution in [2.24, 2.45) is 0 Å². The minimum absolute atomic E-state index is 0.0415. The maximum Gasteiger partial charge on any atom is 0.200 e. The summed E-state index contributed by atoms with van der Waals surface area (Å²) in [4.78, 5) is 4.74. The smallest absolute Gasteiger partial charge is 0.200 e. The van der Waals surface area contributed by atoms with Crippen molar-refractivity contribution in [3.05, 3.63) is 63.8 Å². The number of aryl methyl sites for hydroxylation is 1. The molecule has 176 valence electrons. The lowest BCUT2D eigenvalue weighted by Crippen LogP contribution is -2.40. The Morgan fingerprint density at radius 2 is 1.52 bits per heavy atom. The van der Waals surface area contributed by atoms with Crippen molar-refractivity contribution >= 4 is 26.3 Å². The van der Waals surface area contributed by atoms with Gasteiger partial charge in [0.15, 0.2) is 38.2 Å². The average Bonchev–Trinajstić information content (AvgIpc) is 3.28. The van der Waals surface area contributed by atoms with Crippen molar-refractivity contribution in [3.63, 3.8) is 0 Å². The molecule has 2 heterocycles. The van der Waals surface area contributed by atoms with Gasteiger partial charge in [0.2, 0.25) is 5.82 Å². The van der Waals surface area contributed by atoms with Crippen LogP contribution in [0.2, 0.25) is 0 Å². The van der Waals surface area contributed by atoms with E-state index in [0.29, 0.717) is 5.13 Å². The predicted octanol–water partition coefficient (Wildman–Crippen LogP) is 5.57. The van der Waals surface area contributed by atoms with Gasteiger partial charge >= 0.3 is 0 Å². The van der Waals surface area contributed by atoms with E-state index in [1.165, 1.54) is 11.3 Å². The Balaban J connectivity index is 1.55. The Hall–Kier alpha value is -2.53. The van der Waals surface area contributed by atoms with Gasteiger partial charge in [-0.2, -0.15) is 0 Å². The van der Waals surface area contributed by atoms with Gasteiger partial charge in [-0.1, -0.05) is 18.2 Å². The minimum atomic E-state index is -4.78. The quantitative estimate of drug-likeness (QED) is 0.203. The number of aromatic nitrogens is 1. The SMILES string of the molecule is Cc1cccc(-c2csc(N3CCC(S(=O)(=O)c4c(F)c(F)c(F)c(F)c4F)CC3)n2)c1C. The number of halogens is 5. The third kappa shape index (κ3) is 4.01. The van der Waals surface area contributed by atoms with E-state index in [1.807, 2.05) is 42.3 Å². The molecule has 1 aliphatic rings. The second-order valence-corrected chi connectivity index (χ2v) is 10.9. The molecule has 1 aliphatic heterocycles. The maximum absolute atomic E-state index is 14.1. The molecule has 4 nitrogen and oxygen atoms in total. The van der Waals surface area contributed by atoms with Crippen molar-refractivity contribution in [1.29, 1.82) is 0 Å². The average molecular weight is 503 g/mol. The number of hydrogen-bond acceptors (Lipinski definition) is 5. The number of hydrogen-bond donors (Lipinski definition) is 0. The second kappa shape index (κ2) is 8.68.